The summed E-state index contributed by atoms with van der Waals surface area (Å²) in [6.07, 6.45) is 3.66. The minimum absolute atomic E-state index is 0.115. The second kappa shape index (κ2) is 7.01. The molecule has 2 rings (SSSR count). The van der Waals surface area contributed by atoms with Gasteiger partial charge in [0, 0.05) is 6.54 Å². The van der Waals surface area contributed by atoms with Gasteiger partial charge in [0.2, 0.25) is 0 Å². The Morgan fingerprint density at radius 2 is 2.11 bits per heavy atom. The lowest BCUT2D eigenvalue weighted by Gasteiger charge is -2.20. The molecule has 0 aliphatic heterocycles. The van der Waals surface area contributed by atoms with E-state index >= 15 is 0 Å². The molecule has 1 aromatic heterocycles. The number of hydrogen-bond acceptors (Lipinski definition) is 4. The van der Waals surface area contributed by atoms with E-state index in [1.165, 1.54) is 11.9 Å². The van der Waals surface area contributed by atoms with Crippen LogP contribution in [0.25, 0.3) is 0 Å². The number of benzene rings is 1. The summed E-state index contributed by atoms with van der Waals surface area (Å²) in [7, 11) is 0. The van der Waals surface area contributed by atoms with Crippen LogP contribution in [0.3, 0.4) is 0 Å². The summed E-state index contributed by atoms with van der Waals surface area (Å²) in [5.41, 5.74) is 1.18. The van der Waals surface area contributed by atoms with Gasteiger partial charge in [-0.2, -0.15) is 5.10 Å². The lowest BCUT2D eigenvalue weighted by atomic mass is 10.1. The predicted molar refractivity (Wildman–Crippen MR) is 73.5 cm³/mol. The highest BCUT2D eigenvalue weighted by molar-refractivity contribution is 5.18. The van der Waals surface area contributed by atoms with E-state index in [2.05, 4.69) is 27.5 Å². The third-order valence-electron chi connectivity index (χ3n) is 3.11. The van der Waals surface area contributed by atoms with Crippen molar-refractivity contribution in [2.24, 2.45) is 0 Å². The van der Waals surface area contributed by atoms with Crippen LogP contribution in [0.15, 0.2) is 43.0 Å². The van der Waals surface area contributed by atoms with E-state index in [4.69, 9.17) is 0 Å². The Kier molecular flexibility index (Phi) is 5.06. The van der Waals surface area contributed by atoms with E-state index in [1.54, 1.807) is 11.0 Å². The predicted octanol–water partition coefficient (Wildman–Crippen LogP) is 1.38. The van der Waals surface area contributed by atoms with Crippen molar-refractivity contribution in [2.45, 2.75) is 32.0 Å². The lowest BCUT2D eigenvalue weighted by Crippen LogP contribution is -2.32. The molecule has 2 atom stereocenters. The first-order chi connectivity index (χ1) is 9.29. The number of aromatic nitrogens is 3. The molecule has 1 unspecified atom stereocenters. The largest absolute Gasteiger partial charge is 0.392 e. The Bertz CT molecular complexity index is 458. The molecule has 0 bridgehead atoms. The number of aliphatic hydroxyl groups is 1. The summed E-state index contributed by atoms with van der Waals surface area (Å²) in [5.74, 6) is 0. The van der Waals surface area contributed by atoms with Gasteiger partial charge in [-0.05, 0) is 12.0 Å². The number of nitrogens with zero attached hydrogens (tertiary/aromatic N) is 3. The topological polar surface area (TPSA) is 63.0 Å². The van der Waals surface area contributed by atoms with Gasteiger partial charge in [0.1, 0.15) is 12.7 Å². The van der Waals surface area contributed by atoms with Gasteiger partial charge in [-0.15, -0.1) is 0 Å². The molecule has 2 N–H and O–H groups in total. The third-order valence-corrected chi connectivity index (χ3v) is 3.11. The minimum Gasteiger partial charge on any atom is -0.392 e. The van der Waals surface area contributed by atoms with E-state index in [9.17, 15) is 5.11 Å². The first-order valence-corrected chi connectivity index (χ1v) is 6.58. The van der Waals surface area contributed by atoms with Crippen LogP contribution in [0.1, 0.15) is 24.9 Å². The molecule has 2 aromatic rings. The van der Waals surface area contributed by atoms with Crippen molar-refractivity contribution in [3.8, 4) is 0 Å². The molecule has 1 heterocycles. The van der Waals surface area contributed by atoms with Crippen LogP contribution >= 0.6 is 0 Å². The van der Waals surface area contributed by atoms with Gasteiger partial charge in [-0.25, -0.2) is 4.98 Å². The molecule has 0 saturated carbocycles. The van der Waals surface area contributed by atoms with E-state index in [-0.39, 0.29) is 12.1 Å². The fraction of sp³-hybridized carbons (Fsp3) is 0.429. The van der Waals surface area contributed by atoms with Gasteiger partial charge in [-0.1, -0.05) is 37.3 Å². The van der Waals surface area contributed by atoms with Crippen molar-refractivity contribution >= 4 is 0 Å². The van der Waals surface area contributed by atoms with Gasteiger partial charge >= 0.3 is 0 Å². The van der Waals surface area contributed by atoms with Crippen LogP contribution in [0.2, 0.25) is 0 Å². The van der Waals surface area contributed by atoms with E-state index in [0.717, 1.165) is 6.42 Å². The normalized spacial score (nSPS) is 14.2. The van der Waals surface area contributed by atoms with Gasteiger partial charge < -0.3 is 10.4 Å². The average molecular weight is 260 g/mol. The molecule has 0 radical (unpaired) electrons. The summed E-state index contributed by atoms with van der Waals surface area (Å²) >= 11 is 0. The molecule has 5 nitrogen and oxygen atoms in total. The Hall–Kier alpha value is -1.72. The highest BCUT2D eigenvalue weighted by Gasteiger charge is 2.13. The van der Waals surface area contributed by atoms with Crippen molar-refractivity contribution in [3.63, 3.8) is 0 Å². The molecule has 1 aromatic carbocycles. The first kappa shape index (κ1) is 13.7. The van der Waals surface area contributed by atoms with Gasteiger partial charge in [0.25, 0.3) is 0 Å². The van der Waals surface area contributed by atoms with Crippen LogP contribution < -0.4 is 5.32 Å². The molecule has 0 fully saturated rings. The zero-order chi connectivity index (χ0) is 13.5. The zero-order valence-corrected chi connectivity index (χ0v) is 11.1. The third kappa shape index (κ3) is 4.15. The van der Waals surface area contributed by atoms with Crippen LogP contribution in [-0.2, 0) is 6.54 Å². The van der Waals surface area contributed by atoms with E-state index in [1.807, 2.05) is 25.1 Å². The smallest absolute Gasteiger partial charge is 0.137 e. The second-order valence-corrected chi connectivity index (χ2v) is 4.55. The summed E-state index contributed by atoms with van der Waals surface area (Å²) < 4.78 is 1.79. The first-order valence-electron chi connectivity index (χ1n) is 6.58. The van der Waals surface area contributed by atoms with Gasteiger partial charge in [-0.3, -0.25) is 4.68 Å². The minimum atomic E-state index is -0.318. The van der Waals surface area contributed by atoms with Gasteiger partial charge in [0.05, 0.1) is 18.7 Å². The standard InChI is InChI=1S/C14H20N4O/c1-2-13(19)8-16-14(9-18-11-15-10-17-18)12-6-4-3-5-7-12/h3-7,10-11,13-14,16,19H,2,8-9H2,1H3/t13-,14?/m1/s1. The molecule has 102 valence electrons. The lowest BCUT2D eigenvalue weighted by molar-refractivity contribution is 0.161. The van der Waals surface area contributed by atoms with Crippen LogP contribution in [0.4, 0.5) is 0 Å². The highest BCUT2D eigenvalue weighted by Crippen LogP contribution is 2.14. The molecular formula is C14H20N4O. The Balaban J connectivity index is 2.04. The summed E-state index contributed by atoms with van der Waals surface area (Å²) in [4.78, 5) is 3.96. The summed E-state index contributed by atoms with van der Waals surface area (Å²) in [6, 6.07) is 10.3. The number of hydrogen-bond donors (Lipinski definition) is 2. The molecule has 0 amide bonds. The summed E-state index contributed by atoms with van der Waals surface area (Å²) in [6.45, 7) is 3.24. The molecule has 0 aliphatic rings. The van der Waals surface area contributed by atoms with Crippen LogP contribution in [0.5, 0.6) is 0 Å². The molecule has 19 heavy (non-hydrogen) atoms. The van der Waals surface area contributed by atoms with Crippen molar-refractivity contribution in [1.82, 2.24) is 20.1 Å². The monoisotopic (exact) mass is 260 g/mol. The quantitative estimate of drug-likeness (QED) is 0.789. The fourth-order valence-corrected chi connectivity index (χ4v) is 1.91. The maximum atomic E-state index is 9.68. The Labute approximate surface area is 113 Å². The zero-order valence-electron chi connectivity index (χ0n) is 11.1. The average Bonchev–Trinajstić information content (AvgIpc) is 2.97. The van der Waals surface area contributed by atoms with Crippen molar-refractivity contribution < 1.29 is 5.11 Å². The van der Waals surface area contributed by atoms with E-state index in [0.29, 0.717) is 13.1 Å². The number of nitrogens with one attached hydrogen (secondary N) is 1. The number of aliphatic hydroxyl groups excluding tert-OH is 1. The van der Waals surface area contributed by atoms with Crippen LogP contribution in [0, 0.1) is 0 Å². The Morgan fingerprint density at radius 3 is 2.74 bits per heavy atom. The second-order valence-electron chi connectivity index (χ2n) is 4.55. The Morgan fingerprint density at radius 1 is 1.32 bits per heavy atom. The summed E-state index contributed by atoms with van der Waals surface area (Å²) in [5, 5.41) is 17.2. The molecule has 0 saturated heterocycles. The molecule has 0 aliphatic carbocycles. The van der Waals surface area contributed by atoms with Crippen molar-refractivity contribution in [2.75, 3.05) is 6.54 Å². The molecule has 0 spiro atoms. The van der Waals surface area contributed by atoms with Crippen molar-refractivity contribution in [1.29, 1.82) is 0 Å². The van der Waals surface area contributed by atoms with E-state index < -0.39 is 0 Å². The fourth-order valence-electron chi connectivity index (χ4n) is 1.91. The molecular weight excluding hydrogens is 240 g/mol. The number of rotatable bonds is 7. The highest BCUT2D eigenvalue weighted by atomic mass is 16.3. The maximum Gasteiger partial charge on any atom is 0.137 e. The molecule has 5 heteroatoms. The van der Waals surface area contributed by atoms with Crippen LogP contribution in [-0.4, -0.2) is 32.5 Å². The maximum absolute atomic E-state index is 9.68. The SMILES string of the molecule is CC[C@@H](O)CNC(Cn1cncn1)c1ccccc1. The van der Waals surface area contributed by atoms with Crippen molar-refractivity contribution in [3.05, 3.63) is 48.5 Å². The van der Waals surface area contributed by atoms with Gasteiger partial charge in [0.15, 0.2) is 0 Å².